The minimum Gasteiger partial charge on any atom is -0.350 e. The lowest BCUT2D eigenvalue weighted by Crippen LogP contribution is -2.28. The molecule has 0 atom stereocenters. The molecule has 2 aromatic rings. The third-order valence-corrected chi connectivity index (χ3v) is 5.77. The molecule has 3 N–H and O–H groups in total. The highest BCUT2D eigenvalue weighted by atomic mass is 32.2. The largest absolute Gasteiger partial charge is 0.350 e. The van der Waals surface area contributed by atoms with Gasteiger partial charge in [0, 0.05) is 17.8 Å². The second-order valence-electron chi connectivity index (χ2n) is 6.12. The van der Waals surface area contributed by atoms with Crippen molar-refractivity contribution in [2.45, 2.75) is 11.4 Å². The minimum atomic E-state index is -3.65. The topological polar surface area (TPSA) is 134 Å². The zero-order valence-electron chi connectivity index (χ0n) is 14.8. The zero-order valence-corrected chi connectivity index (χ0v) is 16.5. The molecule has 0 bridgehead atoms. The van der Waals surface area contributed by atoms with E-state index in [9.17, 15) is 21.6 Å². The Morgan fingerprint density at radius 3 is 2.64 bits per heavy atom. The van der Waals surface area contributed by atoms with Crippen LogP contribution >= 0.6 is 0 Å². The van der Waals surface area contributed by atoms with E-state index in [1.54, 1.807) is 42.5 Å². The van der Waals surface area contributed by atoms with Crippen LogP contribution in [0, 0.1) is 0 Å². The molecule has 28 heavy (non-hydrogen) atoms. The highest BCUT2D eigenvalue weighted by Crippen LogP contribution is 2.22. The number of sulfonamides is 2. The molecule has 0 aromatic heterocycles. The van der Waals surface area contributed by atoms with Gasteiger partial charge in [0.15, 0.2) is 0 Å². The quantitative estimate of drug-likeness (QED) is 0.620. The third kappa shape index (κ3) is 4.87. The van der Waals surface area contributed by atoms with Crippen LogP contribution in [0.1, 0.15) is 11.1 Å². The Labute approximate surface area is 163 Å². The first-order valence-corrected chi connectivity index (χ1v) is 11.5. The maximum absolute atomic E-state index is 12.1. The van der Waals surface area contributed by atoms with Crippen molar-refractivity contribution in [1.82, 2.24) is 10.0 Å². The van der Waals surface area contributed by atoms with E-state index in [4.69, 9.17) is 0 Å². The summed E-state index contributed by atoms with van der Waals surface area (Å²) in [5.74, 6) is -0.275. The van der Waals surface area contributed by atoms with Gasteiger partial charge in [-0.15, -0.1) is 0 Å². The Hall–Kier alpha value is -2.92. The fourth-order valence-electron chi connectivity index (χ4n) is 2.62. The first-order chi connectivity index (χ1) is 13.1. The van der Waals surface area contributed by atoms with Crippen LogP contribution in [0.2, 0.25) is 0 Å². The molecule has 0 aliphatic carbocycles. The van der Waals surface area contributed by atoms with Gasteiger partial charge in [0.1, 0.15) is 12.4 Å². The zero-order chi connectivity index (χ0) is 20.4. The van der Waals surface area contributed by atoms with Gasteiger partial charge in [0.2, 0.25) is 15.9 Å². The van der Waals surface area contributed by atoms with Crippen LogP contribution in [0.3, 0.4) is 0 Å². The van der Waals surface area contributed by atoms with E-state index in [-0.39, 0.29) is 23.8 Å². The molecule has 148 valence electrons. The third-order valence-electron chi connectivity index (χ3n) is 3.76. The summed E-state index contributed by atoms with van der Waals surface area (Å²) in [6.07, 6.45) is 1.05. The fraction of sp³-hybridized carbons (Fsp3) is 0.176. The number of benzene rings is 2. The van der Waals surface area contributed by atoms with Crippen LogP contribution in [0.4, 0.5) is 5.69 Å². The number of fused-ring (bicyclic) bond motifs is 1. The summed E-state index contributed by atoms with van der Waals surface area (Å²) in [5, 5.41) is 2.66. The molecular formula is C17H18N4O5S2. The molecule has 0 spiro atoms. The molecule has 2 aromatic carbocycles. The van der Waals surface area contributed by atoms with E-state index in [2.05, 4.69) is 19.8 Å². The van der Waals surface area contributed by atoms with Crippen LogP contribution in [0.15, 0.2) is 58.4 Å². The first kappa shape index (κ1) is 19.8. The van der Waals surface area contributed by atoms with E-state index in [0.717, 1.165) is 6.26 Å². The number of anilines is 1. The Balaban J connectivity index is 1.62. The number of carbonyl (C=O) groups excluding carboxylic acids is 1. The summed E-state index contributed by atoms with van der Waals surface area (Å²) in [6.45, 7) is -0.0846. The lowest BCUT2D eigenvalue weighted by molar-refractivity contribution is -0.119. The van der Waals surface area contributed by atoms with Crippen LogP contribution < -0.4 is 14.8 Å². The number of hydrogen-bond donors (Lipinski definition) is 3. The van der Waals surface area contributed by atoms with Crippen molar-refractivity contribution in [3.63, 3.8) is 0 Å². The molecule has 0 saturated heterocycles. The Morgan fingerprint density at radius 1 is 1.14 bits per heavy atom. The van der Waals surface area contributed by atoms with Crippen molar-refractivity contribution >= 4 is 37.5 Å². The first-order valence-electron chi connectivity index (χ1n) is 8.14. The number of amides is 1. The average Bonchev–Trinajstić information content (AvgIpc) is 2.88. The van der Waals surface area contributed by atoms with Gasteiger partial charge in [-0.1, -0.05) is 24.3 Å². The van der Waals surface area contributed by atoms with Crippen molar-refractivity contribution in [3.05, 3.63) is 59.7 Å². The fourth-order valence-corrected chi connectivity index (χ4v) is 4.42. The summed E-state index contributed by atoms with van der Waals surface area (Å²) >= 11 is 0. The van der Waals surface area contributed by atoms with Gasteiger partial charge in [0.25, 0.3) is 10.0 Å². The molecule has 1 heterocycles. The Kier molecular flexibility index (Phi) is 5.38. The van der Waals surface area contributed by atoms with Gasteiger partial charge < -0.3 is 5.32 Å². The molecular weight excluding hydrogens is 404 g/mol. The van der Waals surface area contributed by atoms with Gasteiger partial charge in [-0.25, -0.2) is 16.8 Å². The van der Waals surface area contributed by atoms with Crippen molar-refractivity contribution in [2.24, 2.45) is 4.99 Å². The smallest absolute Gasteiger partial charge is 0.263 e. The molecule has 0 fully saturated rings. The average molecular weight is 422 g/mol. The Bertz CT molecular complexity index is 1160. The number of carbonyl (C=O) groups is 1. The van der Waals surface area contributed by atoms with Crippen LogP contribution in [0.25, 0.3) is 0 Å². The molecule has 3 rings (SSSR count). The standard InChI is InChI=1S/C17H18N4O5S2/c1-27(23,24)20-13-6-4-5-12(9-13)10-18-16(22)11-19-17-14-7-2-3-8-15(14)28(25,26)21-17/h2-9,20H,10-11H2,1H3,(H,18,22)(H,19,21). The van der Waals surface area contributed by atoms with E-state index >= 15 is 0 Å². The lowest BCUT2D eigenvalue weighted by Gasteiger charge is -2.08. The number of nitrogens with one attached hydrogen (secondary N) is 3. The van der Waals surface area contributed by atoms with Crippen molar-refractivity contribution in [2.75, 3.05) is 17.5 Å². The highest BCUT2D eigenvalue weighted by molar-refractivity contribution is 7.92. The summed E-state index contributed by atoms with van der Waals surface area (Å²) in [7, 11) is -7.03. The van der Waals surface area contributed by atoms with E-state index in [0.29, 0.717) is 16.8 Å². The monoisotopic (exact) mass is 422 g/mol. The lowest BCUT2D eigenvalue weighted by atomic mass is 10.2. The second kappa shape index (κ2) is 7.60. The predicted octanol–water partition coefficient (Wildman–Crippen LogP) is 0.413. The van der Waals surface area contributed by atoms with Crippen molar-refractivity contribution < 1.29 is 21.6 Å². The summed E-state index contributed by atoms with van der Waals surface area (Å²) < 4.78 is 51.3. The molecule has 11 heteroatoms. The number of rotatable bonds is 6. The van der Waals surface area contributed by atoms with Crippen LogP contribution in [0.5, 0.6) is 0 Å². The van der Waals surface area contributed by atoms with Crippen molar-refractivity contribution in [3.8, 4) is 0 Å². The van der Waals surface area contributed by atoms with Gasteiger partial charge >= 0.3 is 0 Å². The number of nitrogens with zero attached hydrogens (tertiary/aromatic N) is 1. The summed E-state index contributed by atoms with van der Waals surface area (Å²) in [5.41, 5.74) is 1.52. The molecule has 1 aliphatic heterocycles. The van der Waals surface area contributed by atoms with E-state index in [1.807, 2.05) is 0 Å². The molecule has 0 radical (unpaired) electrons. The second-order valence-corrected chi connectivity index (χ2v) is 9.52. The molecule has 0 saturated carbocycles. The van der Waals surface area contributed by atoms with Gasteiger partial charge in [-0.05, 0) is 29.8 Å². The SMILES string of the molecule is CS(=O)(=O)Nc1cccc(CNC(=O)CN=C2NS(=O)(=O)c3ccccc32)c1. The molecule has 1 aliphatic rings. The van der Waals surface area contributed by atoms with Crippen LogP contribution in [-0.4, -0.2) is 41.4 Å². The Morgan fingerprint density at radius 2 is 1.89 bits per heavy atom. The van der Waals surface area contributed by atoms with Gasteiger partial charge in [-0.3, -0.25) is 19.2 Å². The van der Waals surface area contributed by atoms with Gasteiger partial charge in [-0.2, -0.15) is 0 Å². The van der Waals surface area contributed by atoms with E-state index in [1.165, 1.54) is 6.07 Å². The van der Waals surface area contributed by atoms with E-state index < -0.39 is 26.0 Å². The number of aliphatic imine (C=N–C) groups is 1. The maximum atomic E-state index is 12.1. The van der Waals surface area contributed by atoms with Crippen molar-refractivity contribution in [1.29, 1.82) is 0 Å². The normalized spacial score (nSPS) is 16.2. The summed E-state index contributed by atoms with van der Waals surface area (Å²) in [6, 6.07) is 13.0. The maximum Gasteiger partial charge on any atom is 0.263 e. The predicted molar refractivity (Wildman–Crippen MR) is 105 cm³/mol. The van der Waals surface area contributed by atoms with Crippen LogP contribution in [-0.2, 0) is 31.4 Å². The van der Waals surface area contributed by atoms with Gasteiger partial charge in [0.05, 0.1) is 11.2 Å². The molecule has 9 nitrogen and oxygen atoms in total. The molecule has 0 unspecified atom stereocenters. The number of amidine groups is 1. The minimum absolute atomic E-state index is 0.129. The summed E-state index contributed by atoms with van der Waals surface area (Å²) in [4.78, 5) is 16.2. The highest BCUT2D eigenvalue weighted by Gasteiger charge is 2.30. The number of hydrogen-bond acceptors (Lipinski definition) is 6. The molecule has 1 amide bonds.